The Morgan fingerprint density at radius 1 is 0.960 bits per heavy atom. The minimum Gasteiger partial charge on any atom is -0.489 e. The van der Waals surface area contributed by atoms with Crippen molar-refractivity contribution in [3.8, 4) is 5.75 Å². The van der Waals surface area contributed by atoms with Crippen LogP contribution in [0.15, 0.2) is 70.3 Å². The molecule has 0 amide bonds. The van der Waals surface area contributed by atoms with Crippen molar-refractivity contribution in [3.05, 3.63) is 83.0 Å². The Hall–Kier alpha value is -2.22. The van der Waals surface area contributed by atoms with E-state index in [1.54, 1.807) is 53.9 Å². The lowest BCUT2D eigenvalue weighted by Gasteiger charge is -2.08. The van der Waals surface area contributed by atoms with Crippen molar-refractivity contribution in [1.82, 2.24) is 4.72 Å². The van der Waals surface area contributed by atoms with Crippen molar-refractivity contribution in [1.29, 1.82) is 0 Å². The second-order valence-corrected chi connectivity index (χ2v) is 8.26. The van der Waals surface area contributed by atoms with Gasteiger partial charge in [-0.05, 0) is 46.8 Å². The molecule has 0 bridgehead atoms. The molecule has 1 aromatic heterocycles. The molecule has 2 aromatic carbocycles. The summed E-state index contributed by atoms with van der Waals surface area (Å²) in [5, 5.41) is 1.72. The highest BCUT2D eigenvalue weighted by Crippen LogP contribution is 2.17. The van der Waals surface area contributed by atoms with Gasteiger partial charge >= 0.3 is 0 Å². The first kappa shape index (κ1) is 17.6. The average molecular weight is 377 g/mol. The third-order valence-electron chi connectivity index (χ3n) is 3.47. The van der Waals surface area contributed by atoms with Gasteiger partial charge in [-0.2, -0.15) is 0 Å². The summed E-state index contributed by atoms with van der Waals surface area (Å²) in [7, 11) is -3.47. The Kier molecular flexibility index (Phi) is 5.47. The number of nitrogens with one attached hydrogen (secondary N) is 1. The maximum Gasteiger partial charge on any atom is 0.250 e. The zero-order valence-electron chi connectivity index (χ0n) is 13.2. The predicted molar refractivity (Wildman–Crippen MR) is 95.5 cm³/mol. The fourth-order valence-electron chi connectivity index (χ4n) is 2.12. The van der Waals surface area contributed by atoms with E-state index in [9.17, 15) is 12.8 Å². The van der Waals surface area contributed by atoms with E-state index in [4.69, 9.17) is 4.74 Å². The molecule has 0 aliphatic carbocycles. The lowest BCUT2D eigenvalue weighted by molar-refractivity contribution is 0.306. The molecule has 0 radical (unpaired) electrons. The molecule has 130 valence electrons. The van der Waals surface area contributed by atoms with Crippen LogP contribution < -0.4 is 9.46 Å². The first-order valence-corrected chi connectivity index (χ1v) is 9.88. The summed E-state index contributed by atoms with van der Waals surface area (Å²) in [6, 6.07) is 16.5. The molecule has 0 saturated heterocycles. The first-order valence-electron chi connectivity index (χ1n) is 7.52. The number of benzene rings is 2. The molecule has 0 aliphatic rings. The highest BCUT2D eigenvalue weighted by molar-refractivity contribution is 7.91. The van der Waals surface area contributed by atoms with Crippen LogP contribution in [-0.2, 0) is 23.2 Å². The zero-order chi connectivity index (χ0) is 17.7. The lowest BCUT2D eigenvalue weighted by atomic mass is 10.2. The van der Waals surface area contributed by atoms with Crippen molar-refractivity contribution in [2.24, 2.45) is 0 Å². The van der Waals surface area contributed by atoms with Gasteiger partial charge in [-0.3, -0.25) is 0 Å². The summed E-state index contributed by atoms with van der Waals surface area (Å²) in [4.78, 5) is 0. The fraction of sp³-hybridized carbons (Fsp3) is 0.111. The van der Waals surface area contributed by atoms with E-state index in [1.807, 2.05) is 0 Å². The third-order valence-corrected chi connectivity index (χ3v) is 6.27. The molecule has 0 saturated carbocycles. The number of halogens is 1. The van der Waals surface area contributed by atoms with E-state index >= 15 is 0 Å². The number of rotatable bonds is 7. The van der Waals surface area contributed by atoms with Crippen LogP contribution in [-0.4, -0.2) is 8.42 Å². The molecule has 1 N–H and O–H groups in total. The van der Waals surface area contributed by atoms with Crippen LogP contribution in [0.1, 0.15) is 11.1 Å². The minimum atomic E-state index is -3.47. The number of hydrogen-bond acceptors (Lipinski definition) is 4. The van der Waals surface area contributed by atoms with Crippen LogP contribution in [0.2, 0.25) is 0 Å². The summed E-state index contributed by atoms with van der Waals surface area (Å²) >= 11 is 1.18. The van der Waals surface area contributed by atoms with Crippen LogP contribution in [0.25, 0.3) is 0 Å². The lowest BCUT2D eigenvalue weighted by Crippen LogP contribution is -2.22. The largest absolute Gasteiger partial charge is 0.489 e. The second-order valence-electron chi connectivity index (χ2n) is 5.32. The van der Waals surface area contributed by atoms with E-state index in [-0.39, 0.29) is 12.4 Å². The van der Waals surface area contributed by atoms with Crippen molar-refractivity contribution in [2.75, 3.05) is 0 Å². The standard InChI is InChI=1S/C18H16FNO3S2/c19-16-7-3-15(4-8-16)13-23-17-9-5-14(6-10-17)12-20-25(21,22)18-2-1-11-24-18/h1-11,20H,12-13H2. The minimum absolute atomic E-state index is 0.207. The summed E-state index contributed by atoms with van der Waals surface area (Å²) in [5.74, 6) is 0.382. The second kappa shape index (κ2) is 7.77. The van der Waals surface area contributed by atoms with Gasteiger partial charge in [0.25, 0.3) is 0 Å². The highest BCUT2D eigenvalue weighted by atomic mass is 32.2. The SMILES string of the molecule is O=S(=O)(NCc1ccc(OCc2ccc(F)cc2)cc1)c1cccs1. The molecule has 7 heteroatoms. The van der Waals surface area contributed by atoms with Gasteiger partial charge in [0.2, 0.25) is 10.0 Å². The van der Waals surface area contributed by atoms with E-state index in [0.717, 1.165) is 11.1 Å². The maximum atomic E-state index is 12.9. The van der Waals surface area contributed by atoms with E-state index in [2.05, 4.69) is 4.72 Å². The summed E-state index contributed by atoms with van der Waals surface area (Å²) in [5.41, 5.74) is 1.70. The van der Waals surface area contributed by atoms with Crippen molar-refractivity contribution in [2.45, 2.75) is 17.4 Å². The normalized spacial score (nSPS) is 11.4. The van der Waals surface area contributed by atoms with Gasteiger partial charge in [0.1, 0.15) is 22.4 Å². The molecular formula is C18H16FNO3S2. The van der Waals surface area contributed by atoms with Gasteiger partial charge in [-0.1, -0.05) is 30.3 Å². The molecule has 0 aliphatic heterocycles. The molecule has 0 spiro atoms. The fourth-order valence-corrected chi connectivity index (χ4v) is 4.17. The van der Waals surface area contributed by atoms with E-state index < -0.39 is 10.0 Å². The predicted octanol–water partition coefficient (Wildman–Crippen LogP) is 3.94. The Morgan fingerprint density at radius 2 is 1.64 bits per heavy atom. The van der Waals surface area contributed by atoms with Gasteiger partial charge < -0.3 is 4.74 Å². The van der Waals surface area contributed by atoms with Gasteiger partial charge in [-0.15, -0.1) is 11.3 Å². The monoisotopic (exact) mass is 377 g/mol. The van der Waals surface area contributed by atoms with Crippen LogP contribution in [0.3, 0.4) is 0 Å². The molecular weight excluding hydrogens is 361 g/mol. The Labute approximate surface area is 150 Å². The van der Waals surface area contributed by atoms with Crippen LogP contribution in [0.4, 0.5) is 4.39 Å². The summed E-state index contributed by atoms with van der Waals surface area (Å²) in [6.07, 6.45) is 0. The third kappa shape index (κ3) is 4.88. The Bertz CT molecular complexity index is 906. The van der Waals surface area contributed by atoms with Gasteiger partial charge in [0, 0.05) is 6.54 Å². The van der Waals surface area contributed by atoms with Crippen molar-refractivity contribution >= 4 is 21.4 Å². The molecule has 4 nitrogen and oxygen atoms in total. The van der Waals surface area contributed by atoms with E-state index in [1.165, 1.54) is 23.5 Å². The highest BCUT2D eigenvalue weighted by Gasteiger charge is 2.14. The summed E-state index contributed by atoms with van der Waals surface area (Å²) in [6.45, 7) is 0.545. The number of ether oxygens (including phenoxy) is 1. The average Bonchev–Trinajstić information content (AvgIpc) is 3.16. The Morgan fingerprint density at radius 3 is 2.28 bits per heavy atom. The van der Waals surface area contributed by atoms with Gasteiger partial charge in [-0.25, -0.2) is 17.5 Å². The molecule has 1 heterocycles. The number of thiophene rings is 1. The zero-order valence-corrected chi connectivity index (χ0v) is 14.8. The molecule has 0 unspecified atom stereocenters. The van der Waals surface area contributed by atoms with Crippen LogP contribution in [0.5, 0.6) is 5.75 Å². The Balaban J connectivity index is 1.54. The topological polar surface area (TPSA) is 55.4 Å². The smallest absolute Gasteiger partial charge is 0.250 e. The molecule has 3 aromatic rings. The van der Waals surface area contributed by atoms with Crippen LogP contribution >= 0.6 is 11.3 Å². The molecule has 3 rings (SSSR count). The van der Waals surface area contributed by atoms with Gasteiger partial charge in [0.05, 0.1) is 0 Å². The van der Waals surface area contributed by atoms with E-state index in [0.29, 0.717) is 16.6 Å². The molecule has 0 fully saturated rings. The number of hydrogen-bond donors (Lipinski definition) is 1. The van der Waals surface area contributed by atoms with Crippen molar-refractivity contribution < 1.29 is 17.5 Å². The summed E-state index contributed by atoms with van der Waals surface area (Å²) < 4.78 is 45.5. The van der Waals surface area contributed by atoms with Crippen LogP contribution in [0, 0.1) is 5.82 Å². The maximum absolute atomic E-state index is 12.9. The number of sulfonamides is 1. The first-order chi connectivity index (χ1) is 12.0. The van der Waals surface area contributed by atoms with Gasteiger partial charge in [0.15, 0.2) is 0 Å². The van der Waals surface area contributed by atoms with Crippen molar-refractivity contribution in [3.63, 3.8) is 0 Å². The molecule has 25 heavy (non-hydrogen) atoms. The quantitative estimate of drug-likeness (QED) is 0.678. The molecule has 0 atom stereocenters.